The second kappa shape index (κ2) is 5.40. The molecule has 0 bridgehead atoms. The van der Waals surface area contributed by atoms with E-state index >= 15 is 0 Å². The number of hydrogen-bond acceptors (Lipinski definition) is 4. The molecule has 0 atom stereocenters. The van der Waals surface area contributed by atoms with Crippen molar-refractivity contribution in [3.63, 3.8) is 0 Å². The number of nitrogens with zero attached hydrogens (tertiary/aromatic N) is 2. The fourth-order valence-corrected chi connectivity index (χ4v) is 2.34. The number of nitrogens with two attached hydrogens (primary N) is 1. The number of sulfone groups is 1. The summed E-state index contributed by atoms with van der Waals surface area (Å²) in [5, 5.41) is 0. The molecule has 0 unspecified atom stereocenters. The van der Waals surface area contributed by atoms with Crippen molar-refractivity contribution in [1.29, 1.82) is 0 Å². The maximum absolute atomic E-state index is 11.3. The fraction of sp³-hybridized carbons (Fsp3) is 0.556. The van der Waals surface area contributed by atoms with E-state index in [1.54, 1.807) is 23.9 Å². The zero-order chi connectivity index (χ0) is 12.2. The van der Waals surface area contributed by atoms with Crippen molar-refractivity contribution in [2.45, 2.75) is 19.9 Å². The summed E-state index contributed by atoms with van der Waals surface area (Å²) in [6.45, 7) is 2.21. The molecule has 7 heteroatoms. The molecule has 0 spiro atoms. The SMILES string of the molecule is CCS(=O)(=O)CCCn1ccnc1C(N)=S. The van der Waals surface area contributed by atoms with Crippen molar-refractivity contribution in [1.82, 2.24) is 9.55 Å². The van der Waals surface area contributed by atoms with Gasteiger partial charge in [0.1, 0.15) is 14.8 Å². The zero-order valence-corrected chi connectivity index (χ0v) is 10.7. The molecule has 1 rings (SSSR count). The van der Waals surface area contributed by atoms with Crippen molar-refractivity contribution in [3.05, 3.63) is 18.2 Å². The minimum Gasteiger partial charge on any atom is -0.387 e. The van der Waals surface area contributed by atoms with E-state index in [2.05, 4.69) is 4.98 Å². The summed E-state index contributed by atoms with van der Waals surface area (Å²) >= 11 is 4.83. The Balaban J connectivity index is 2.56. The van der Waals surface area contributed by atoms with Crippen LogP contribution < -0.4 is 5.73 Å². The first-order chi connectivity index (χ1) is 7.46. The summed E-state index contributed by atoms with van der Waals surface area (Å²) in [6, 6.07) is 0. The van der Waals surface area contributed by atoms with Crippen molar-refractivity contribution in [2.75, 3.05) is 11.5 Å². The van der Waals surface area contributed by atoms with Crippen molar-refractivity contribution in [3.8, 4) is 0 Å². The average molecular weight is 261 g/mol. The van der Waals surface area contributed by atoms with Crippen LogP contribution >= 0.6 is 12.2 Å². The third kappa shape index (κ3) is 3.57. The Hall–Kier alpha value is -0.950. The molecule has 0 radical (unpaired) electrons. The lowest BCUT2D eigenvalue weighted by Gasteiger charge is -2.06. The van der Waals surface area contributed by atoms with Gasteiger partial charge in [0.05, 0.1) is 5.75 Å². The Morgan fingerprint density at radius 1 is 1.62 bits per heavy atom. The van der Waals surface area contributed by atoms with Crippen LogP contribution in [0.5, 0.6) is 0 Å². The van der Waals surface area contributed by atoms with Crippen LogP contribution in [-0.4, -0.2) is 34.5 Å². The Kier molecular flexibility index (Phi) is 4.43. The molecule has 90 valence electrons. The van der Waals surface area contributed by atoms with Crippen LogP contribution in [0.4, 0.5) is 0 Å². The summed E-state index contributed by atoms with van der Waals surface area (Å²) in [6.07, 6.45) is 3.89. The molecule has 2 N–H and O–H groups in total. The van der Waals surface area contributed by atoms with Crippen LogP contribution in [0.25, 0.3) is 0 Å². The molecular formula is C9H15N3O2S2. The molecule has 1 aromatic rings. The molecule has 1 aromatic heterocycles. The van der Waals surface area contributed by atoms with Gasteiger partial charge in [0.15, 0.2) is 5.82 Å². The van der Waals surface area contributed by atoms with Gasteiger partial charge in [0.25, 0.3) is 0 Å². The Morgan fingerprint density at radius 3 is 2.88 bits per heavy atom. The number of thiocarbonyl (C=S) groups is 1. The van der Waals surface area contributed by atoms with Gasteiger partial charge >= 0.3 is 0 Å². The first-order valence-electron chi connectivity index (χ1n) is 4.97. The molecule has 0 saturated heterocycles. The van der Waals surface area contributed by atoms with Crippen molar-refractivity contribution < 1.29 is 8.42 Å². The van der Waals surface area contributed by atoms with Gasteiger partial charge < -0.3 is 10.3 Å². The first kappa shape index (κ1) is 13.1. The molecule has 0 aromatic carbocycles. The van der Waals surface area contributed by atoms with Crippen LogP contribution in [-0.2, 0) is 16.4 Å². The van der Waals surface area contributed by atoms with E-state index in [1.807, 2.05) is 0 Å². The van der Waals surface area contributed by atoms with Gasteiger partial charge in [-0.1, -0.05) is 19.1 Å². The van der Waals surface area contributed by atoms with E-state index in [0.29, 0.717) is 18.8 Å². The number of rotatable bonds is 6. The predicted molar refractivity (Wildman–Crippen MR) is 67.1 cm³/mol. The highest BCUT2D eigenvalue weighted by Gasteiger charge is 2.09. The van der Waals surface area contributed by atoms with E-state index in [4.69, 9.17) is 18.0 Å². The Labute approximate surface area is 101 Å². The number of imidazole rings is 1. The quantitative estimate of drug-likeness (QED) is 0.747. The predicted octanol–water partition coefficient (Wildman–Crippen LogP) is 0.342. The molecule has 0 saturated carbocycles. The monoisotopic (exact) mass is 261 g/mol. The van der Waals surface area contributed by atoms with Gasteiger partial charge in [-0.3, -0.25) is 0 Å². The topological polar surface area (TPSA) is 78.0 Å². The Bertz CT molecular complexity index is 465. The summed E-state index contributed by atoms with van der Waals surface area (Å²) in [4.78, 5) is 4.22. The highest BCUT2D eigenvalue weighted by atomic mass is 32.2. The van der Waals surface area contributed by atoms with Crippen LogP contribution in [0.2, 0.25) is 0 Å². The van der Waals surface area contributed by atoms with Gasteiger partial charge in [0.2, 0.25) is 0 Å². The van der Waals surface area contributed by atoms with Gasteiger partial charge in [0, 0.05) is 24.7 Å². The lowest BCUT2D eigenvalue weighted by Crippen LogP contribution is -2.18. The number of aryl methyl sites for hydroxylation is 1. The highest BCUT2D eigenvalue weighted by molar-refractivity contribution is 7.91. The van der Waals surface area contributed by atoms with Gasteiger partial charge in [-0.2, -0.15) is 0 Å². The summed E-state index contributed by atoms with van der Waals surface area (Å²) < 4.78 is 24.3. The third-order valence-electron chi connectivity index (χ3n) is 2.23. The number of aromatic nitrogens is 2. The Morgan fingerprint density at radius 2 is 2.31 bits per heavy atom. The van der Waals surface area contributed by atoms with E-state index in [1.165, 1.54) is 0 Å². The summed E-state index contributed by atoms with van der Waals surface area (Å²) in [5.74, 6) is 0.890. The molecule has 0 aliphatic rings. The third-order valence-corrected chi connectivity index (χ3v) is 4.20. The van der Waals surface area contributed by atoms with E-state index < -0.39 is 9.84 Å². The lowest BCUT2D eigenvalue weighted by atomic mass is 10.4. The van der Waals surface area contributed by atoms with Crippen LogP contribution in [0.3, 0.4) is 0 Å². The fourth-order valence-electron chi connectivity index (χ4n) is 1.31. The van der Waals surface area contributed by atoms with Crippen molar-refractivity contribution in [2.24, 2.45) is 5.73 Å². The minimum atomic E-state index is -2.90. The van der Waals surface area contributed by atoms with Gasteiger partial charge in [-0.15, -0.1) is 0 Å². The molecule has 0 fully saturated rings. The maximum Gasteiger partial charge on any atom is 0.167 e. The standard InChI is InChI=1S/C9H15N3O2S2/c1-2-16(13,14)7-3-5-12-6-4-11-9(12)8(10)15/h4,6H,2-3,5,7H2,1H3,(H2,10,15). The lowest BCUT2D eigenvalue weighted by molar-refractivity contribution is 0.587. The van der Waals surface area contributed by atoms with Crippen LogP contribution in [0, 0.1) is 0 Å². The van der Waals surface area contributed by atoms with E-state index in [-0.39, 0.29) is 16.5 Å². The zero-order valence-electron chi connectivity index (χ0n) is 9.09. The molecule has 1 heterocycles. The smallest absolute Gasteiger partial charge is 0.167 e. The van der Waals surface area contributed by atoms with Gasteiger partial charge in [-0.05, 0) is 6.42 Å². The molecule has 0 aliphatic heterocycles. The van der Waals surface area contributed by atoms with Crippen molar-refractivity contribution >= 4 is 27.0 Å². The first-order valence-corrected chi connectivity index (χ1v) is 7.20. The van der Waals surface area contributed by atoms with Gasteiger partial charge in [-0.25, -0.2) is 13.4 Å². The second-order valence-electron chi connectivity index (χ2n) is 3.40. The largest absolute Gasteiger partial charge is 0.387 e. The highest BCUT2D eigenvalue weighted by Crippen LogP contribution is 2.01. The van der Waals surface area contributed by atoms with E-state index in [0.717, 1.165) is 0 Å². The maximum atomic E-state index is 11.3. The van der Waals surface area contributed by atoms with Crippen LogP contribution in [0.15, 0.2) is 12.4 Å². The molecular weight excluding hydrogens is 246 g/mol. The molecule has 16 heavy (non-hydrogen) atoms. The normalized spacial score (nSPS) is 11.6. The minimum absolute atomic E-state index is 0.179. The molecule has 0 aliphatic carbocycles. The van der Waals surface area contributed by atoms with Crippen LogP contribution in [0.1, 0.15) is 19.2 Å². The summed E-state index contributed by atoms with van der Waals surface area (Å²) in [7, 11) is -2.90. The average Bonchev–Trinajstić information content (AvgIpc) is 2.66. The molecule has 0 amide bonds. The summed E-state index contributed by atoms with van der Waals surface area (Å²) in [5.41, 5.74) is 5.47. The number of hydrogen-bond donors (Lipinski definition) is 1. The molecule has 5 nitrogen and oxygen atoms in total. The van der Waals surface area contributed by atoms with E-state index in [9.17, 15) is 8.42 Å². The second-order valence-corrected chi connectivity index (χ2v) is 6.31.